The Kier molecular flexibility index (Phi) is 5.24. The number of anilines is 3. The maximum absolute atomic E-state index is 6.28. The molecule has 0 saturated carbocycles. The van der Waals surface area contributed by atoms with Crippen molar-refractivity contribution in [2.75, 3.05) is 24.2 Å². The molecule has 1 heterocycles. The van der Waals surface area contributed by atoms with Crippen LogP contribution in [0, 0.1) is 6.92 Å². The Balaban J connectivity index is 1.89. The second-order valence-corrected chi connectivity index (χ2v) is 7.23. The number of nitrogens with one attached hydrogen (secondary N) is 3. The Morgan fingerprint density at radius 1 is 1.17 bits per heavy atom. The van der Waals surface area contributed by atoms with Crippen LogP contribution in [0.5, 0.6) is 0 Å². The normalized spacial score (nSPS) is 19.0. The van der Waals surface area contributed by atoms with E-state index in [-0.39, 0.29) is 0 Å². The first-order valence-corrected chi connectivity index (χ1v) is 9.03. The Morgan fingerprint density at radius 2 is 1.88 bits per heavy atom. The molecule has 1 aliphatic rings. The summed E-state index contributed by atoms with van der Waals surface area (Å²) in [5, 5.41) is 11.5. The van der Waals surface area contributed by atoms with Crippen molar-refractivity contribution >= 4 is 40.3 Å². The van der Waals surface area contributed by atoms with E-state index in [4.69, 9.17) is 23.2 Å². The smallest absolute Gasteiger partial charge is 0.0762 e. The molecule has 0 saturated heterocycles. The average Bonchev–Trinajstić information content (AvgIpc) is 2.86. The molecule has 1 aliphatic heterocycles. The summed E-state index contributed by atoms with van der Waals surface area (Å²) in [5.41, 5.74) is 5.62. The number of halogens is 2. The summed E-state index contributed by atoms with van der Waals surface area (Å²) in [6.45, 7) is 5.43. The van der Waals surface area contributed by atoms with E-state index in [0.717, 1.165) is 24.3 Å². The van der Waals surface area contributed by atoms with Crippen molar-refractivity contribution in [1.29, 1.82) is 0 Å². The first-order valence-electron chi connectivity index (χ1n) is 8.28. The van der Waals surface area contributed by atoms with Crippen molar-refractivity contribution in [2.45, 2.75) is 32.2 Å². The van der Waals surface area contributed by atoms with Crippen LogP contribution < -0.4 is 16.0 Å². The molecule has 2 atom stereocenters. The first-order chi connectivity index (χ1) is 11.5. The minimum absolute atomic E-state index is 0.463. The summed E-state index contributed by atoms with van der Waals surface area (Å²) >= 11 is 12.6. The Bertz CT molecular complexity index is 725. The molecule has 0 bridgehead atoms. The van der Waals surface area contributed by atoms with Crippen LogP contribution in [0.2, 0.25) is 10.0 Å². The van der Waals surface area contributed by atoms with E-state index in [1.165, 1.54) is 16.8 Å². The molecule has 0 aromatic heterocycles. The van der Waals surface area contributed by atoms with E-state index in [0.29, 0.717) is 22.0 Å². The van der Waals surface area contributed by atoms with E-state index in [1.807, 2.05) is 25.2 Å². The van der Waals surface area contributed by atoms with Gasteiger partial charge in [-0.2, -0.15) is 0 Å². The van der Waals surface area contributed by atoms with Gasteiger partial charge in [-0.1, -0.05) is 36.2 Å². The van der Waals surface area contributed by atoms with E-state index < -0.39 is 0 Å². The van der Waals surface area contributed by atoms with E-state index in [9.17, 15) is 0 Å². The molecule has 0 spiro atoms. The van der Waals surface area contributed by atoms with Crippen molar-refractivity contribution in [3.05, 3.63) is 51.5 Å². The molecule has 24 heavy (non-hydrogen) atoms. The van der Waals surface area contributed by atoms with Crippen molar-refractivity contribution in [3.8, 4) is 0 Å². The minimum atomic E-state index is 0.463. The number of hydrogen-bond acceptors (Lipinski definition) is 3. The zero-order valence-corrected chi connectivity index (χ0v) is 15.7. The molecular weight excluding hydrogens is 341 g/mol. The molecule has 3 nitrogen and oxygen atoms in total. The van der Waals surface area contributed by atoms with Gasteiger partial charge in [-0.05, 0) is 62.3 Å². The van der Waals surface area contributed by atoms with Crippen LogP contribution in [-0.4, -0.2) is 19.6 Å². The van der Waals surface area contributed by atoms with Gasteiger partial charge in [0, 0.05) is 23.3 Å². The van der Waals surface area contributed by atoms with Gasteiger partial charge in [0.2, 0.25) is 0 Å². The lowest BCUT2D eigenvalue weighted by molar-refractivity contribution is 0.570. The van der Waals surface area contributed by atoms with Crippen LogP contribution in [0.25, 0.3) is 0 Å². The quantitative estimate of drug-likeness (QED) is 0.651. The molecule has 128 valence electrons. The van der Waals surface area contributed by atoms with Gasteiger partial charge in [0.1, 0.15) is 0 Å². The molecule has 0 aliphatic carbocycles. The predicted molar refractivity (Wildman–Crippen MR) is 105 cm³/mol. The predicted octanol–water partition coefficient (Wildman–Crippen LogP) is 5.55. The standard InChI is InChI=1S/C19H23Cl2N3/c1-11-9-13(23-19-15(20)5-4-6-16(19)21)10-14-12(2)17(7-8-22-3)24-18(11)14/h4-6,9-10,12,17,22-24H,7-8H2,1-3H3/t12-,17?/m0/s1. The van der Waals surface area contributed by atoms with Crippen molar-refractivity contribution in [3.63, 3.8) is 0 Å². The summed E-state index contributed by atoms with van der Waals surface area (Å²) in [4.78, 5) is 0. The second-order valence-electron chi connectivity index (χ2n) is 6.41. The van der Waals surface area contributed by atoms with E-state index in [2.05, 4.69) is 41.9 Å². The Hall–Kier alpha value is -1.42. The fraction of sp³-hybridized carbons (Fsp3) is 0.368. The van der Waals surface area contributed by atoms with Gasteiger partial charge < -0.3 is 16.0 Å². The summed E-state index contributed by atoms with van der Waals surface area (Å²) in [7, 11) is 1.99. The second kappa shape index (κ2) is 7.22. The largest absolute Gasteiger partial charge is 0.381 e. The number of rotatable bonds is 5. The van der Waals surface area contributed by atoms with Crippen molar-refractivity contribution < 1.29 is 0 Å². The van der Waals surface area contributed by atoms with Crippen molar-refractivity contribution in [2.24, 2.45) is 0 Å². The maximum Gasteiger partial charge on any atom is 0.0762 e. The number of fused-ring (bicyclic) bond motifs is 1. The van der Waals surface area contributed by atoms with E-state index >= 15 is 0 Å². The van der Waals surface area contributed by atoms with Crippen LogP contribution in [0.1, 0.15) is 30.4 Å². The highest BCUT2D eigenvalue weighted by Crippen LogP contribution is 2.42. The van der Waals surface area contributed by atoms with Gasteiger partial charge in [0.15, 0.2) is 0 Å². The first kappa shape index (κ1) is 17.4. The third kappa shape index (κ3) is 3.34. The average molecular weight is 364 g/mol. The zero-order valence-electron chi connectivity index (χ0n) is 14.2. The van der Waals surface area contributed by atoms with Crippen LogP contribution in [0.4, 0.5) is 17.1 Å². The fourth-order valence-corrected chi connectivity index (χ4v) is 3.85. The van der Waals surface area contributed by atoms with Gasteiger partial charge in [-0.3, -0.25) is 0 Å². The Morgan fingerprint density at radius 3 is 2.54 bits per heavy atom. The molecule has 5 heteroatoms. The lowest BCUT2D eigenvalue weighted by Gasteiger charge is -2.16. The van der Waals surface area contributed by atoms with Crippen LogP contribution in [0.3, 0.4) is 0 Å². The number of benzene rings is 2. The third-order valence-corrected chi connectivity index (χ3v) is 5.36. The topological polar surface area (TPSA) is 36.1 Å². The molecule has 3 rings (SSSR count). The Labute approximate surface area is 153 Å². The van der Waals surface area contributed by atoms with Gasteiger partial charge in [0.25, 0.3) is 0 Å². The lowest BCUT2D eigenvalue weighted by Crippen LogP contribution is -2.24. The highest BCUT2D eigenvalue weighted by atomic mass is 35.5. The van der Waals surface area contributed by atoms with Crippen LogP contribution in [0.15, 0.2) is 30.3 Å². The fourth-order valence-electron chi connectivity index (χ4n) is 3.35. The number of para-hydroxylation sites is 1. The van der Waals surface area contributed by atoms with Gasteiger partial charge >= 0.3 is 0 Å². The molecule has 2 aromatic carbocycles. The monoisotopic (exact) mass is 363 g/mol. The molecule has 1 unspecified atom stereocenters. The molecule has 3 N–H and O–H groups in total. The maximum atomic E-state index is 6.28. The SMILES string of the molecule is CNCCC1Nc2c(C)cc(Nc3c(Cl)cccc3Cl)cc2[C@@H]1C. The third-order valence-electron chi connectivity index (χ3n) is 4.73. The van der Waals surface area contributed by atoms with Gasteiger partial charge in [-0.15, -0.1) is 0 Å². The highest BCUT2D eigenvalue weighted by molar-refractivity contribution is 6.39. The molecule has 2 aromatic rings. The molecule has 0 fully saturated rings. The minimum Gasteiger partial charge on any atom is -0.381 e. The summed E-state index contributed by atoms with van der Waals surface area (Å²) in [6.07, 6.45) is 1.10. The van der Waals surface area contributed by atoms with Crippen LogP contribution in [-0.2, 0) is 0 Å². The van der Waals surface area contributed by atoms with Gasteiger partial charge in [-0.25, -0.2) is 0 Å². The van der Waals surface area contributed by atoms with Gasteiger partial charge in [0.05, 0.1) is 15.7 Å². The number of hydrogen-bond donors (Lipinski definition) is 3. The summed E-state index contributed by atoms with van der Waals surface area (Å²) in [6, 6.07) is 10.3. The zero-order chi connectivity index (χ0) is 17.3. The number of aryl methyl sites for hydroxylation is 1. The van der Waals surface area contributed by atoms with E-state index in [1.54, 1.807) is 0 Å². The molecule has 0 amide bonds. The molecule has 0 radical (unpaired) electrons. The van der Waals surface area contributed by atoms with Crippen LogP contribution >= 0.6 is 23.2 Å². The lowest BCUT2D eigenvalue weighted by atomic mass is 9.94. The van der Waals surface area contributed by atoms with Crippen molar-refractivity contribution in [1.82, 2.24) is 5.32 Å². The molecular formula is C19H23Cl2N3. The highest BCUT2D eigenvalue weighted by Gasteiger charge is 2.29. The summed E-state index contributed by atoms with van der Waals surface area (Å²) < 4.78 is 0. The summed E-state index contributed by atoms with van der Waals surface area (Å²) in [5.74, 6) is 0.468.